The van der Waals surface area contributed by atoms with Crippen LogP contribution in [0.15, 0.2) is 0 Å². The van der Waals surface area contributed by atoms with Crippen molar-refractivity contribution in [3.63, 3.8) is 0 Å². The molecule has 0 radical (unpaired) electrons. The smallest absolute Gasteiger partial charge is 0.407 e. The fraction of sp³-hybridized carbons (Fsp3) is 0.833. The molecular formula is C12H24N2O5. The molecule has 0 spiro atoms. The van der Waals surface area contributed by atoms with Crippen molar-refractivity contribution in [3.8, 4) is 0 Å². The molecule has 4 N–H and O–H groups in total. The van der Waals surface area contributed by atoms with Crippen LogP contribution in [0.1, 0.15) is 33.6 Å². The number of amides is 1. The first-order chi connectivity index (χ1) is 8.67. The Hall–Kier alpha value is -1.34. The molecule has 0 fully saturated rings. The summed E-state index contributed by atoms with van der Waals surface area (Å²) >= 11 is 0. The lowest BCUT2D eigenvalue weighted by atomic mass is 10.1. The van der Waals surface area contributed by atoms with E-state index in [0.29, 0.717) is 13.0 Å². The van der Waals surface area contributed by atoms with E-state index in [1.807, 2.05) is 0 Å². The van der Waals surface area contributed by atoms with Crippen molar-refractivity contribution in [2.45, 2.75) is 51.4 Å². The molecule has 19 heavy (non-hydrogen) atoms. The van der Waals surface area contributed by atoms with Gasteiger partial charge in [0.15, 0.2) is 0 Å². The molecule has 0 heterocycles. The topological polar surface area (TPSA) is 111 Å². The van der Waals surface area contributed by atoms with Crippen LogP contribution in [0.4, 0.5) is 4.79 Å². The molecule has 2 atom stereocenters. The third-order valence-corrected chi connectivity index (χ3v) is 2.23. The molecule has 1 unspecified atom stereocenters. The minimum atomic E-state index is -1.06. The summed E-state index contributed by atoms with van der Waals surface area (Å²) in [6.45, 7) is 5.64. The van der Waals surface area contributed by atoms with Gasteiger partial charge in [0.2, 0.25) is 0 Å². The SMILES string of the molecule is COC(=O)[C@@H](N)C(O)CCCNC(=O)OC(C)(C)C. The average Bonchev–Trinajstić information content (AvgIpc) is 2.30. The minimum Gasteiger partial charge on any atom is -0.468 e. The molecule has 0 rings (SSSR count). The lowest BCUT2D eigenvalue weighted by molar-refractivity contribution is -0.145. The monoisotopic (exact) mass is 276 g/mol. The zero-order chi connectivity index (χ0) is 15.1. The predicted octanol–water partition coefficient (Wildman–Crippen LogP) is 0.152. The van der Waals surface area contributed by atoms with E-state index in [-0.39, 0.29) is 6.42 Å². The van der Waals surface area contributed by atoms with Gasteiger partial charge in [0.1, 0.15) is 11.6 Å². The maximum atomic E-state index is 11.3. The number of esters is 1. The normalized spacial score (nSPS) is 14.4. The van der Waals surface area contributed by atoms with Crippen LogP contribution in [-0.4, -0.2) is 48.6 Å². The van der Waals surface area contributed by atoms with E-state index < -0.39 is 29.8 Å². The molecule has 7 heteroatoms. The highest BCUT2D eigenvalue weighted by Crippen LogP contribution is 2.06. The molecule has 1 amide bonds. The Morgan fingerprint density at radius 1 is 1.37 bits per heavy atom. The lowest BCUT2D eigenvalue weighted by Gasteiger charge is -2.20. The highest BCUT2D eigenvalue weighted by atomic mass is 16.6. The van der Waals surface area contributed by atoms with E-state index in [1.165, 1.54) is 7.11 Å². The predicted molar refractivity (Wildman–Crippen MR) is 69.5 cm³/mol. The van der Waals surface area contributed by atoms with Crippen molar-refractivity contribution < 1.29 is 24.2 Å². The summed E-state index contributed by atoms with van der Waals surface area (Å²) < 4.78 is 9.46. The maximum absolute atomic E-state index is 11.3. The van der Waals surface area contributed by atoms with Crippen molar-refractivity contribution in [1.82, 2.24) is 5.32 Å². The zero-order valence-electron chi connectivity index (χ0n) is 11.9. The van der Waals surface area contributed by atoms with Crippen LogP contribution in [0, 0.1) is 0 Å². The fourth-order valence-electron chi connectivity index (χ4n) is 1.29. The van der Waals surface area contributed by atoms with Gasteiger partial charge in [-0.1, -0.05) is 0 Å². The molecule has 0 aromatic heterocycles. The second-order valence-electron chi connectivity index (χ2n) is 5.19. The molecule has 0 saturated carbocycles. The van der Waals surface area contributed by atoms with Crippen LogP contribution in [0.25, 0.3) is 0 Å². The number of hydrogen-bond donors (Lipinski definition) is 3. The van der Waals surface area contributed by atoms with Crippen LogP contribution in [0.3, 0.4) is 0 Å². The Morgan fingerprint density at radius 2 is 1.95 bits per heavy atom. The van der Waals surface area contributed by atoms with Gasteiger partial charge in [-0.2, -0.15) is 0 Å². The van der Waals surface area contributed by atoms with Crippen LogP contribution in [-0.2, 0) is 14.3 Å². The Labute approximate surface area is 113 Å². The molecule has 0 aromatic rings. The number of methoxy groups -OCH3 is 1. The zero-order valence-corrected chi connectivity index (χ0v) is 11.9. The largest absolute Gasteiger partial charge is 0.468 e. The molecule has 0 aromatic carbocycles. The number of carbonyl (C=O) groups excluding carboxylic acids is 2. The number of alkyl carbamates (subject to hydrolysis) is 1. The van der Waals surface area contributed by atoms with Crippen molar-refractivity contribution in [2.24, 2.45) is 5.73 Å². The summed E-state index contributed by atoms with van der Waals surface area (Å²) in [5.74, 6) is -0.660. The van der Waals surface area contributed by atoms with Gasteiger partial charge in [-0.05, 0) is 33.6 Å². The fourth-order valence-corrected chi connectivity index (χ4v) is 1.29. The van der Waals surface area contributed by atoms with Crippen LogP contribution in [0.5, 0.6) is 0 Å². The molecule has 0 aliphatic carbocycles. The molecular weight excluding hydrogens is 252 g/mol. The number of nitrogens with one attached hydrogen (secondary N) is 1. The van der Waals surface area contributed by atoms with E-state index in [4.69, 9.17) is 10.5 Å². The van der Waals surface area contributed by atoms with E-state index in [0.717, 1.165) is 0 Å². The molecule has 0 saturated heterocycles. The summed E-state index contributed by atoms with van der Waals surface area (Å²) in [6.07, 6.45) is -0.746. The van der Waals surface area contributed by atoms with Crippen LogP contribution in [0.2, 0.25) is 0 Å². The van der Waals surface area contributed by atoms with Gasteiger partial charge in [-0.3, -0.25) is 4.79 Å². The first kappa shape index (κ1) is 17.7. The summed E-state index contributed by atoms with van der Waals surface area (Å²) in [6, 6.07) is -1.06. The van der Waals surface area contributed by atoms with Gasteiger partial charge < -0.3 is 25.6 Å². The van der Waals surface area contributed by atoms with Gasteiger partial charge in [-0.25, -0.2) is 4.79 Å². The van der Waals surface area contributed by atoms with Gasteiger partial charge in [-0.15, -0.1) is 0 Å². The average molecular weight is 276 g/mol. The Kier molecular flexibility index (Phi) is 7.40. The lowest BCUT2D eigenvalue weighted by Crippen LogP contribution is -2.43. The van der Waals surface area contributed by atoms with Gasteiger partial charge in [0, 0.05) is 6.54 Å². The number of aliphatic hydroxyl groups is 1. The Morgan fingerprint density at radius 3 is 2.42 bits per heavy atom. The third-order valence-electron chi connectivity index (χ3n) is 2.23. The van der Waals surface area contributed by atoms with E-state index in [1.54, 1.807) is 20.8 Å². The Bertz CT molecular complexity index is 301. The van der Waals surface area contributed by atoms with Crippen LogP contribution >= 0.6 is 0 Å². The number of hydrogen-bond acceptors (Lipinski definition) is 6. The van der Waals surface area contributed by atoms with E-state index in [9.17, 15) is 14.7 Å². The van der Waals surface area contributed by atoms with E-state index >= 15 is 0 Å². The first-order valence-electron chi connectivity index (χ1n) is 6.15. The van der Waals surface area contributed by atoms with Crippen LogP contribution < -0.4 is 11.1 Å². The number of rotatable bonds is 6. The number of carbonyl (C=O) groups is 2. The highest BCUT2D eigenvalue weighted by molar-refractivity contribution is 5.76. The van der Waals surface area contributed by atoms with E-state index in [2.05, 4.69) is 10.1 Å². The third kappa shape index (κ3) is 8.39. The summed E-state index contributed by atoms with van der Waals surface area (Å²) in [4.78, 5) is 22.4. The number of aliphatic hydroxyl groups excluding tert-OH is 1. The van der Waals surface area contributed by atoms with Gasteiger partial charge in [0.05, 0.1) is 13.2 Å². The summed E-state index contributed by atoms with van der Waals surface area (Å²) in [5.41, 5.74) is 4.92. The highest BCUT2D eigenvalue weighted by Gasteiger charge is 2.23. The second kappa shape index (κ2) is 7.96. The quantitative estimate of drug-likeness (QED) is 0.470. The molecule has 0 aliphatic heterocycles. The van der Waals surface area contributed by atoms with Crippen molar-refractivity contribution in [3.05, 3.63) is 0 Å². The summed E-state index contributed by atoms with van der Waals surface area (Å²) in [5, 5.41) is 12.1. The molecule has 7 nitrogen and oxygen atoms in total. The maximum Gasteiger partial charge on any atom is 0.407 e. The van der Waals surface area contributed by atoms with Gasteiger partial charge >= 0.3 is 12.1 Å². The number of nitrogens with two attached hydrogens (primary N) is 1. The number of ether oxygens (including phenoxy) is 2. The standard InChI is InChI=1S/C12H24N2O5/c1-12(2,3)19-11(17)14-7-5-6-8(15)9(13)10(16)18-4/h8-9,15H,5-7,13H2,1-4H3,(H,14,17)/t8?,9-/m0/s1. The molecule has 112 valence electrons. The van der Waals surface area contributed by atoms with Crippen molar-refractivity contribution in [1.29, 1.82) is 0 Å². The van der Waals surface area contributed by atoms with Crippen molar-refractivity contribution in [2.75, 3.05) is 13.7 Å². The first-order valence-corrected chi connectivity index (χ1v) is 6.15. The Balaban J connectivity index is 3.80. The summed E-state index contributed by atoms with van der Waals surface area (Å²) in [7, 11) is 1.21. The molecule has 0 bridgehead atoms. The molecule has 0 aliphatic rings. The van der Waals surface area contributed by atoms with Gasteiger partial charge in [0.25, 0.3) is 0 Å². The van der Waals surface area contributed by atoms with Crippen molar-refractivity contribution >= 4 is 12.1 Å². The second-order valence-corrected chi connectivity index (χ2v) is 5.19. The minimum absolute atomic E-state index is 0.284.